The van der Waals surface area contributed by atoms with Crippen molar-refractivity contribution in [2.24, 2.45) is 34.5 Å². The zero-order valence-electron chi connectivity index (χ0n) is 19.7. The first kappa shape index (κ1) is 23.0. The number of aliphatic hydroxyl groups excluding tert-OH is 1. The molecule has 4 rings (SSSR count). The first-order valence-corrected chi connectivity index (χ1v) is 12.2. The maximum absolute atomic E-state index is 12.2. The Kier molecular flexibility index (Phi) is 5.74. The van der Waals surface area contributed by atoms with Crippen molar-refractivity contribution in [2.45, 2.75) is 110 Å². The molecule has 176 valence electrons. The molecule has 10 atom stereocenters. The highest BCUT2D eigenvalue weighted by Gasteiger charge is 2.71. The molecule has 0 radical (unpaired) electrons. The minimum absolute atomic E-state index is 0.00516. The molecule has 0 saturated heterocycles. The second-order valence-corrected chi connectivity index (χ2v) is 11.4. The maximum atomic E-state index is 12.2. The third-order valence-electron chi connectivity index (χ3n) is 10.2. The summed E-state index contributed by atoms with van der Waals surface area (Å²) in [5.41, 5.74) is -1.59. The van der Waals surface area contributed by atoms with Gasteiger partial charge in [-0.05, 0) is 81.5 Å². The van der Waals surface area contributed by atoms with Crippen LogP contribution in [0.25, 0.3) is 0 Å². The third kappa shape index (κ3) is 3.35. The van der Waals surface area contributed by atoms with Crippen molar-refractivity contribution in [2.75, 3.05) is 0 Å². The van der Waals surface area contributed by atoms with Gasteiger partial charge in [0.25, 0.3) is 0 Å². The van der Waals surface area contributed by atoms with E-state index in [9.17, 15) is 19.8 Å². The fourth-order valence-electron chi connectivity index (χ4n) is 8.64. The molecule has 31 heavy (non-hydrogen) atoms. The van der Waals surface area contributed by atoms with E-state index in [1.807, 2.05) is 13.8 Å². The lowest BCUT2D eigenvalue weighted by Gasteiger charge is -2.65. The van der Waals surface area contributed by atoms with Gasteiger partial charge >= 0.3 is 11.9 Å². The van der Waals surface area contributed by atoms with Crippen LogP contribution < -0.4 is 0 Å². The van der Waals surface area contributed by atoms with Gasteiger partial charge in [0.15, 0.2) is 0 Å². The third-order valence-corrected chi connectivity index (χ3v) is 10.2. The highest BCUT2D eigenvalue weighted by Crippen LogP contribution is 2.69. The van der Waals surface area contributed by atoms with Crippen molar-refractivity contribution < 1.29 is 29.3 Å². The van der Waals surface area contributed by atoms with Gasteiger partial charge in [-0.2, -0.15) is 0 Å². The molecule has 6 heteroatoms. The lowest BCUT2D eigenvalue weighted by molar-refractivity contribution is -0.253. The van der Waals surface area contributed by atoms with Gasteiger partial charge < -0.3 is 19.7 Å². The van der Waals surface area contributed by atoms with Crippen molar-refractivity contribution in [3.05, 3.63) is 0 Å². The lowest BCUT2D eigenvalue weighted by Crippen LogP contribution is -2.67. The molecule has 10 unspecified atom stereocenters. The highest BCUT2D eigenvalue weighted by molar-refractivity contribution is 5.66. The summed E-state index contributed by atoms with van der Waals surface area (Å²) in [6.45, 7) is 9.16. The van der Waals surface area contributed by atoms with Crippen molar-refractivity contribution in [3.63, 3.8) is 0 Å². The van der Waals surface area contributed by atoms with Crippen LogP contribution in [0.1, 0.15) is 86.0 Å². The van der Waals surface area contributed by atoms with Crippen LogP contribution in [0.4, 0.5) is 0 Å². The maximum Gasteiger partial charge on any atom is 0.302 e. The van der Waals surface area contributed by atoms with Gasteiger partial charge in [-0.15, -0.1) is 0 Å². The molecular formula is C25H40O6. The molecule has 4 aliphatic rings. The van der Waals surface area contributed by atoms with Gasteiger partial charge in [-0.3, -0.25) is 9.59 Å². The van der Waals surface area contributed by atoms with Crippen LogP contribution in [0.5, 0.6) is 0 Å². The van der Waals surface area contributed by atoms with Crippen LogP contribution in [-0.2, 0) is 19.1 Å². The Bertz CT molecular complexity index is 738. The molecule has 4 fully saturated rings. The first-order chi connectivity index (χ1) is 14.4. The summed E-state index contributed by atoms with van der Waals surface area (Å²) in [6.07, 6.45) is 5.78. The number of fused-ring (bicyclic) bond motifs is 5. The van der Waals surface area contributed by atoms with Gasteiger partial charge in [0.1, 0.15) is 12.2 Å². The van der Waals surface area contributed by atoms with E-state index in [-0.39, 0.29) is 47.3 Å². The summed E-state index contributed by atoms with van der Waals surface area (Å²) >= 11 is 0. The number of ether oxygens (including phenoxy) is 2. The number of carbonyl (C=O) groups excluding carboxylic acids is 2. The lowest BCUT2D eigenvalue weighted by atomic mass is 9.42. The average molecular weight is 437 g/mol. The fraction of sp³-hybridized carbons (Fsp3) is 0.920. The molecular weight excluding hydrogens is 396 g/mol. The van der Waals surface area contributed by atoms with Crippen LogP contribution in [0.15, 0.2) is 0 Å². The topological polar surface area (TPSA) is 93.1 Å². The standard InChI is InChI=1S/C25H40O6/c1-14(30-15(2)26)19-9-11-25(29)20-7-6-17-12-18(31-16(3)27)8-10-23(17,4)21(20)13-22(28)24(19,25)5/h14,17-22,28-29H,6-13H2,1-5H3. The van der Waals surface area contributed by atoms with E-state index in [1.54, 1.807) is 0 Å². The number of carbonyl (C=O) groups is 2. The van der Waals surface area contributed by atoms with Crippen LogP contribution in [0.2, 0.25) is 0 Å². The molecule has 0 aromatic heterocycles. The van der Waals surface area contributed by atoms with E-state index < -0.39 is 17.1 Å². The molecule has 0 aromatic rings. The van der Waals surface area contributed by atoms with E-state index in [1.165, 1.54) is 13.8 Å². The average Bonchev–Trinajstić information content (AvgIpc) is 2.95. The summed E-state index contributed by atoms with van der Waals surface area (Å²) < 4.78 is 11.1. The Balaban J connectivity index is 1.60. The molecule has 6 nitrogen and oxygen atoms in total. The van der Waals surface area contributed by atoms with Crippen LogP contribution in [0, 0.1) is 34.5 Å². The van der Waals surface area contributed by atoms with Crippen molar-refractivity contribution in [3.8, 4) is 0 Å². The molecule has 0 aromatic carbocycles. The number of rotatable bonds is 3. The number of esters is 2. The quantitative estimate of drug-likeness (QED) is 0.657. The minimum Gasteiger partial charge on any atom is -0.463 e. The predicted octanol–water partition coefficient (Wildman–Crippen LogP) is 3.61. The summed E-state index contributed by atoms with van der Waals surface area (Å²) in [5, 5.41) is 23.7. The molecule has 0 amide bonds. The van der Waals surface area contributed by atoms with Gasteiger partial charge in [-0.25, -0.2) is 0 Å². The predicted molar refractivity (Wildman–Crippen MR) is 115 cm³/mol. The summed E-state index contributed by atoms with van der Waals surface area (Å²) in [5.74, 6) is 0.265. The largest absolute Gasteiger partial charge is 0.463 e. The molecule has 4 aliphatic carbocycles. The zero-order valence-corrected chi connectivity index (χ0v) is 19.7. The van der Waals surface area contributed by atoms with E-state index in [0.717, 1.165) is 38.5 Å². The van der Waals surface area contributed by atoms with Crippen LogP contribution >= 0.6 is 0 Å². The monoisotopic (exact) mass is 436 g/mol. The minimum atomic E-state index is -0.949. The molecule has 0 heterocycles. The van der Waals surface area contributed by atoms with Gasteiger partial charge in [0.05, 0.1) is 11.7 Å². The molecule has 2 N–H and O–H groups in total. The SMILES string of the molecule is CC(=O)OC1CCC2(C)C(CCC3C2CC(O)C2(C)C(C(C)OC(C)=O)CCC32O)C1. The molecule has 0 aliphatic heterocycles. The highest BCUT2D eigenvalue weighted by atomic mass is 16.5. The van der Waals surface area contributed by atoms with Gasteiger partial charge in [0.2, 0.25) is 0 Å². The van der Waals surface area contributed by atoms with E-state index >= 15 is 0 Å². The Labute approximate surface area is 186 Å². The van der Waals surface area contributed by atoms with E-state index in [4.69, 9.17) is 9.47 Å². The van der Waals surface area contributed by atoms with Crippen molar-refractivity contribution in [1.82, 2.24) is 0 Å². The Hall–Kier alpha value is -1.14. The number of hydrogen-bond donors (Lipinski definition) is 2. The summed E-state index contributed by atoms with van der Waals surface area (Å²) in [7, 11) is 0. The van der Waals surface area contributed by atoms with Gasteiger partial charge in [0, 0.05) is 25.2 Å². The van der Waals surface area contributed by atoms with Crippen LogP contribution in [0.3, 0.4) is 0 Å². The molecule has 0 spiro atoms. The smallest absolute Gasteiger partial charge is 0.302 e. The van der Waals surface area contributed by atoms with E-state index in [2.05, 4.69) is 6.92 Å². The molecule has 4 saturated carbocycles. The summed E-state index contributed by atoms with van der Waals surface area (Å²) in [6, 6.07) is 0. The zero-order chi connectivity index (χ0) is 22.8. The number of aliphatic hydroxyl groups is 2. The second-order valence-electron chi connectivity index (χ2n) is 11.4. The van der Waals surface area contributed by atoms with Crippen LogP contribution in [-0.4, -0.2) is 46.1 Å². The fourth-order valence-corrected chi connectivity index (χ4v) is 8.64. The second kappa shape index (κ2) is 7.72. The Morgan fingerprint density at radius 3 is 2.32 bits per heavy atom. The normalized spacial score (nSPS) is 49.9. The number of hydrogen-bond acceptors (Lipinski definition) is 6. The van der Waals surface area contributed by atoms with Gasteiger partial charge in [-0.1, -0.05) is 13.8 Å². The molecule has 0 bridgehead atoms. The summed E-state index contributed by atoms with van der Waals surface area (Å²) in [4.78, 5) is 23.0. The van der Waals surface area contributed by atoms with E-state index in [0.29, 0.717) is 18.8 Å². The Morgan fingerprint density at radius 2 is 1.68 bits per heavy atom. The Morgan fingerprint density at radius 1 is 0.968 bits per heavy atom. The first-order valence-electron chi connectivity index (χ1n) is 12.2. The van der Waals surface area contributed by atoms with Crippen molar-refractivity contribution >= 4 is 11.9 Å². The van der Waals surface area contributed by atoms with Crippen molar-refractivity contribution in [1.29, 1.82) is 0 Å².